The summed E-state index contributed by atoms with van der Waals surface area (Å²) in [5.41, 5.74) is 2.72. The number of piperazine rings is 1. The largest absolute Gasteiger partial charge is 0.368 e. The summed E-state index contributed by atoms with van der Waals surface area (Å²) in [5.74, 6) is 0.230. The van der Waals surface area contributed by atoms with E-state index in [2.05, 4.69) is 4.98 Å². The minimum Gasteiger partial charge on any atom is -0.368 e. The maximum absolute atomic E-state index is 13.8. The van der Waals surface area contributed by atoms with E-state index in [9.17, 15) is 9.59 Å². The van der Waals surface area contributed by atoms with Crippen molar-refractivity contribution in [2.75, 3.05) is 32.8 Å². The van der Waals surface area contributed by atoms with Crippen LogP contribution in [-0.2, 0) is 9.53 Å². The molecule has 1 amide bonds. The average Bonchev–Trinajstić information content (AvgIpc) is 3.50. The highest BCUT2D eigenvalue weighted by Crippen LogP contribution is 2.24. The number of amides is 1. The number of ketones is 1. The predicted octanol–water partition coefficient (Wildman–Crippen LogP) is 2.00. The van der Waals surface area contributed by atoms with Crippen LogP contribution in [-0.4, -0.2) is 60.5 Å². The first-order valence-electron chi connectivity index (χ1n) is 11.1. The van der Waals surface area contributed by atoms with Crippen LogP contribution in [0.2, 0.25) is 0 Å². The lowest BCUT2D eigenvalue weighted by Gasteiger charge is -2.36. The molecule has 2 aliphatic rings. The number of nitrogens with one attached hydrogen (secondary N) is 2. The fraction of sp³-hybridized carbons (Fsp3) is 0.360. The number of carbonyl (C=O) groups excluding carboxylic acids is 2. The van der Waals surface area contributed by atoms with Gasteiger partial charge in [0.2, 0.25) is 5.78 Å². The van der Waals surface area contributed by atoms with Crippen LogP contribution < -0.4 is 4.90 Å². The van der Waals surface area contributed by atoms with Gasteiger partial charge in [-0.3, -0.25) is 9.59 Å². The summed E-state index contributed by atoms with van der Waals surface area (Å²) in [5, 5.41) is 0.958. The number of benzene rings is 2. The fourth-order valence-corrected chi connectivity index (χ4v) is 4.93. The molecule has 2 fully saturated rings. The van der Waals surface area contributed by atoms with Gasteiger partial charge in [0, 0.05) is 34.8 Å². The zero-order valence-electron chi connectivity index (χ0n) is 17.5. The SMILES string of the molecule is O=C(c1c[nH]c2ccccc12)[C@@H](c1ccccc1)[NH+]1CCN(C(=O)[C@@H]2CCCO2)CC1. The van der Waals surface area contributed by atoms with Crippen LogP contribution in [0.4, 0.5) is 0 Å². The monoisotopic (exact) mass is 418 g/mol. The van der Waals surface area contributed by atoms with Crippen molar-refractivity contribution in [1.82, 2.24) is 9.88 Å². The van der Waals surface area contributed by atoms with Crippen LogP contribution in [0, 0.1) is 0 Å². The van der Waals surface area contributed by atoms with Gasteiger partial charge in [0.1, 0.15) is 6.10 Å². The van der Waals surface area contributed by atoms with E-state index in [-0.39, 0.29) is 23.8 Å². The molecule has 2 saturated heterocycles. The number of nitrogens with zero attached hydrogens (tertiary/aromatic N) is 1. The Balaban J connectivity index is 1.39. The summed E-state index contributed by atoms with van der Waals surface area (Å²) in [6.45, 7) is 3.46. The van der Waals surface area contributed by atoms with Crippen molar-refractivity contribution >= 4 is 22.6 Å². The van der Waals surface area contributed by atoms with Gasteiger partial charge in [-0.25, -0.2) is 0 Å². The number of aromatic amines is 1. The van der Waals surface area contributed by atoms with Crippen LogP contribution in [0.15, 0.2) is 60.8 Å². The van der Waals surface area contributed by atoms with E-state index < -0.39 is 0 Å². The molecule has 3 heterocycles. The predicted molar refractivity (Wildman–Crippen MR) is 118 cm³/mol. The van der Waals surface area contributed by atoms with Crippen LogP contribution in [0.3, 0.4) is 0 Å². The molecule has 0 spiro atoms. The third-order valence-corrected chi connectivity index (χ3v) is 6.58. The van der Waals surface area contributed by atoms with E-state index >= 15 is 0 Å². The number of rotatable bonds is 5. The van der Waals surface area contributed by atoms with Gasteiger partial charge in [-0.05, 0) is 18.9 Å². The van der Waals surface area contributed by atoms with E-state index in [0.29, 0.717) is 19.7 Å². The number of Topliss-reactive ketones (excluding diaryl/α,β-unsaturated/α-hetero) is 1. The maximum atomic E-state index is 13.8. The highest BCUT2D eigenvalue weighted by atomic mass is 16.5. The van der Waals surface area contributed by atoms with Gasteiger partial charge in [-0.1, -0.05) is 48.5 Å². The molecule has 0 aliphatic carbocycles. The van der Waals surface area contributed by atoms with Gasteiger partial charge < -0.3 is 19.5 Å². The van der Waals surface area contributed by atoms with Gasteiger partial charge >= 0.3 is 0 Å². The standard InChI is InChI=1S/C25H27N3O3/c29-24(20-17-26-21-10-5-4-9-19(20)21)23(18-7-2-1-3-8-18)27-12-14-28(15-13-27)25(30)22-11-6-16-31-22/h1-5,7-10,17,22-23,26H,6,11-16H2/p+1/t22-,23+/m0/s1. The molecule has 0 bridgehead atoms. The van der Waals surface area contributed by atoms with E-state index in [4.69, 9.17) is 4.74 Å². The number of fused-ring (bicyclic) bond motifs is 1. The van der Waals surface area contributed by atoms with Gasteiger partial charge in [-0.15, -0.1) is 0 Å². The maximum Gasteiger partial charge on any atom is 0.252 e. The minimum atomic E-state index is -0.291. The Hall–Kier alpha value is -2.96. The molecule has 6 nitrogen and oxygen atoms in total. The second-order valence-corrected chi connectivity index (χ2v) is 8.44. The second kappa shape index (κ2) is 8.65. The number of hydrogen-bond acceptors (Lipinski definition) is 3. The number of hydrogen-bond donors (Lipinski definition) is 2. The molecule has 5 rings (SSSR count). The van der Waals surface area contributed by atoms with E-state index in [1.165, 1.54) is 4.90 Å². The van der Waals surface area contributed by atoms with Crippen molar-refractivity contribution in [2.45, 2.75) is 25.0 Å². The summed E-state index contributed by atoms with van der Waals surface area (Å²) in [6.07, 6.45) is 3.33. The molecule has 0 radical (unpaired) electrons. The van der Waals surface area contributed by atoms with Crippen molar-refractivity contribution in [3.05, 3.63) is 71.9 Å². The Labute approximate surface area is 181 Å². The van der Waals surface area contributed by atoms with E-state index in [0.717, 1.165) is 48.0 Å². The van der Waals surface area contributed by atoms with Crippen molar-refractivity contribution in [2.24, 2.45) is 0 Å². The number of para-hydroxylation sites is 1. The van der Waals surface area contributed by atoms with Crippen LogP contribution in [0.5, 0.6) is 0 Å². The van der Waals surface area contributed by atoms with Crippen LogP contribution >= 0.6 is 0 Å². The Morgan fingerprint density at radius 2 is 1.77 bits per heavy atom. The number of H-pyrrole nitrogens is 1. The zero-order valence-corrected chi connectivity index (χ0v) is 17.5. The molecular weight excluding hydrogens is 390 g/mol. The highest BCUT2D eigenvalue weighted by molar-refractivity contribution is 6.10. The molecule has 0 unspecified atom stereocenters. The van der Waals surface area contributed by atoms with Crippen LogP contribution in [0.1, 0.15) is 34.8 Å². The minimum absolute atomic E-state index is 0.107. The lowest BCUT2D eigenvalue weighted by atomic mass is 9.95. The molecule has 1 aromatic heterocycles. The number of carbonyl (C=O) groups is 2. The van der Waals surface area contributed by atoms with Gasteiger partial charge in [-0.2, -0.15) is 0 Å². The zero-order chi connectivity index (χ0) is 21.2. The third-order valence-electron chi connectivity index (χ3n) is 6.58. The molecule has 0 saturated carbocycles. The first-order chi connectivity index (χ1) is 15.2. The van der Waals surface area contributed by atoms with Crippen molar-refractivity contribution in [1.29, 1.82) is 0 Å². The lowest BCUT2D eigenvalue weighted by molar-refractivity contribution is -0.925. The van der Waals surface area contributed by atoms with Crippen LogP contribution in [0.25, 0.3) is 10.9 Å². The average molecular weight is 419 g/mol. The quantitative estimate of drug-likeness (QED) is 0.623. The topological polar surface area (TPSA) is 66.8 Å². The molecule has 3 aromatic rings. The first kappa shape index (κ1) is 20.0. The Morgan fingerprint density at radius 3 is 2.52 bits per heavy atom. The molecule has 160 valence electrons. The van der Waals surface area contributed by atoms with Crippen molar-refractivity contribution < 1.29 is 19.2 Å². The third kappa shape index (κ3) is 3.89. The summed E-state index contributed by atoms with van der Waals surface area (Å²) < 4.78 is 5.58. The smallest absolute Gasteiger partial charge is 0.252 e. The lowest BCUT2D eigenvalue weighted by Crippen LogP contribution is -3.15. The second-order valence-electron chi connectivity index (χ2n) is 8.44. The fourth-order valence-electron chi connectivity index (χ4n) is 4.93. The molecular formula is C25H28N3O3+. The Morgan fingerprint density at radius 1 is 1.03 bits per heavy atom. The highest BCUT2D eigenvalue weighted by Gasteiger charge is 2.38. The summed E-state index contributed by atoms with van der Waals surface area (Å²) in [4.78, 5) is 32.9. The van der Waals surface area contributed by atoms with Crippen molar-refractivity contribution in [3.8, 4) is 0 Å². The van der Waals surface area contributed by atoms with Crippen molar-refractivity contribution in [3.63, 3.8) is 0 Å². The van der Waals surface area contributed by atoms with Gasteiger partial charge in [0.05, 0.1) is 26.2 Å². The number of ether oxygens (including phenoxy) is 1. The summed E-state index contributed by atoms with van der Waals surface area (Å²) >= 11 is 0. The molecule has 2 atom stereocenters. The number of quaternary nitrogens is 1. The van der Waals surface area contributed by atoms with E-state index in [1.54, 1.807) is 0 Å². The molecule has 2 aliphatic heterocycles. The first-order valence-corrected chi connectivity index (χ1v) is 11.1. The molecule has 6 heteroatoms. The van der Waals surface area contributed by atoms with Gasteiger partial charge in [0.25, 0.3) is 5.91 Å². The normalized spacial score (nSPS) is 20.8. The van der Waals surface area contributed by atoms with Gasteiger partial charge in [0.15, 0.2) is 6.04 Å². The molecule has 2 N–H and O–H groups in total. The Bertz CT molecular complexity index is 1060. The summed E-state index contributed by atoms with van der Waals surface area (Å²) in [6, 6.07) is 17.7. The number of aromatic nitrogens is 1. The molecule has 31 heavy (non-hydrogen) atoms. The molecule has 2 aromatic carbocycles. The summed E-state index contributed by atoms with van der Waals surface area (Å²) in [7, 11) is 0. The van der Waals surface area contributed by atoms with E-state index in [1.807, 2.05) is 65.7 Å². The Kier molecular flexibility index (Phi) is 5.57.